The zero-order chi connectivity index (χ0) is 21.1. The standard InChI is InChI=1S/C24H25ClN2O3/c1-24(29)12-13-27(15-22(24)30-19-9-5-8-18(25)14-19)16-23(28)26-21-11-4-7-17-6-2-3-10-20(17)21/h2-11,14,22,29H,12-13,15-16H2,1H3,(H,26,28)/t22-,24-/m0/s1. The van der Waals surface area contributed by atoms with Crippen LogP contribution in [-0.2, 0) is 4.79 Å². The molecule has 156 valence electrons. The van der Waals surface area contributed by atoms with Gasteiger partial charge in [-0.1, -0.05) is 54.1 Å². The van der Waals surface area contributed by atoms with Crippen molar-refractivity contribution in [1.29, 1.82) is 0 Å². The fourth-order valence-electron chi connectivity index (χ4n) is 3.81. The Kier molecular flexibility index (Phi) is 5.95. The molecule has 0 spiro atoms. The molecule has 1 aliphatic heterocycles. The Morgan fingerprint density at radius 2 is 1.97 bits per heavy atom. The zero-order valence-electron chi connectivity index (χ0n) is 16.8. The van der Waals surface area contributed by atoms with Crippen molar-refractivity contribution in [3.8, 4) is 5.75 Å². The predicted octanol–water partition coefficient (Wildman–Crippen LogP) is 4.34. The van der Waals surface area contributed by atoms with E-state index in [1.807, 2.05) is 59.5 Å². The van der Waals surface area contributed by atoms with Gasteiger partial charge in [-0.25, -0.2) is 0 Å². The van der Waals surface area contributed by atoms with E-state index in [4.69, 9.17) is 16.3 Å². The van der Waals surface area contributed by atoms with Crippen LogP contribution in [0.1, 0.15) is 13.3 Å². The van der Waals surface area contributed by atoms with Crippen LogP contribution in [0.25, 0.3) is 10.8 Å². The van der Waals surface area contributed by atoms with Crippen molar-refractivity contribution < 1.29 is 14.6 Å². The first-order chi connectivity index (χ1) is 14.4. The number of rotatable bonds is 5. The highest BCUT2D eigenvalue weighted by atomic mass is 35.5. The highest BCUT2D eigenvalue weighted by Gasteiger charge is 2.39. The maximum atomic E-state index is 12.7. The second kappa shape index (κ2) is 8.64. The minimum atomic E-state index is -0.981. The number of nitrogens with one attached hydrogen (secondary N) is 1. The number of likely N-dealkylation sites (tertiary alicyclic amines) is 1. The smallest absolute Gasteiger partial charge is 0.238 e. The first-order valence-corrected chi connectivity index (χ1v) is 10.4. The molecule has 5 nitrogen and oxygen atoms in total. The van der Waals surface area contributed by atoms with Gasteiger partial charge in [0, 0.05) is 29.2 Å². The van der Waals surface area contributed by atoms with Crippen LogP contribution in [0, 0.1) is 0 Å². The highest BCUT2D eigenvalue weighted by molar-refractivity contribution is 6.30. The molecule has 1 saturated heterocycles. The van der Waals surface area contributed by atoms with Gasteiger partial charge in [-0.15, -0.1) is 0 Å². The molecule has 4 rings (SSSR count). The second-order valence-electron chi connectivity index (χ2n) is 7.98. The summed E-state index contributed by atoms with van der Waals surface area (Å²) in [5.74, 6) is 0.518. The van der Waals surface area contributed by atoms with Gasteiger partial charge in [0.15, 0.2) is 0 Å². The Hall–Kier alpha value is -2.60. The largest absolute Gasteiger partial charge is 0.486 e. The van der Waals surface area contributed by atoms with Gasteiger partial charge in [0.2, 0.25) is 5.91 Å². The molecule has 1 fully saturated rings. The summed E-state index contributed by atoms with van der Waals surface area (Å²) >= 11 is 6.04. The normalized spacial score (nSPS) is 22.0. The average Bonchev–Trinajstić information content (AvgIpc) is 2.71. The topological polar surface area (TPSA) is 61.8 Å². The number of carbonyl (C=O) groups is 1. The molecule has 1 aliphatic rings. The minimum absolute atomic E-state index is 0.0885. The van der Waals surface area contributed by atoms with Crippen LogP contribution in [-0.4, -0.2) is 47.3 Å². The number of aliphatic hydroxyl groups is 1. The summed E-state index contributed by atoms with van der Waals surface area (Å²) in [7, 11) is 0. The van der Waals surface area contributed by atoms with Crippen LogP contribution in [0.2, 0.25) is 5.02 Å². The minimum Gasteiger partial charge on any atom is -0.486 e. The quantitative estimate of drug-likeness (QED) is 0.639. The maximum absolute atomic E-state index is 12.7. The van der Waals surface area contributed by atoms with E-state index in [9.17, 15) is 9.90 Å². The van der Waals surface area contributed by atoms with Gasteiger partial charge in [-0.2, -0.15) is 0 Å². The number of benzene rings is 3. The molecule has 0 unspecified atom stereocenters. The van der Waals surface area contributed by atoms with Crippen molar-refractivity contribution >= 4 is 34.0 Å². The number of hydrogen-bond donors (Lipinski definition) is 2. The van der Waals surface area contributed by atoms with E-state index in [1.54, 1.807) is 19.1 Å². The van der Waals surface area contributed by atoms with E-state index in [0.29, 0.717) is 30.3 Å². The van der Waals surface area contributed by atoms with E-state index in [-0.39, 0.29) is 12.5 Å². The summed E-state index contributed by atoms with van der Waals surface area (Å²) in [5, 5.41) is 16.5. The number of hydrogen-bond acceptors (Lipinski definition) is 4. The van der Waals surface area contributed by atoms with Gasteiger partial charge in [0.05, 0.1) is 6.54 Å². The van der Waals surface area contributed by atoms with Gasteiger partial charge < -0.3 is 15.2 Å². The van der Waals surface area contributed by atoms with Crippen molar-refractivity contribution in [2.75, 3.05) is 25.0 Å². The number of halogens is 1. The van der Waals surface area contributed by atoms with E-state index >= 15 is 0 Å². The van der Waals surface area contributed by atoms with E-state index in [0.717, 1.165) is 16.5 Å². The number of piperidine rings is 1. The van der Waals surface area contributed by atoms with Crippen LogP contribution in [0.5, 0.6) is 5.75 Å². The summed E-state index contributed by atoms with van der Waals surface area (Å²) in [4.78, 5) is 14.7. The lowest BCUT2D eigenvalue weighted by molar-refractivity contribution is -0.122. The van der Waals surface area contributed by atoms with Gasteiger partial charge >= 0.3 is 0 Å². The molecular weight excluding hydrogens is 400 g/mol. The molecule has 1 heterocycles. The monoisotopic (exact) mass is 424 g/mol. The number of carbonyl (C=O) groups excluding carboxylic acids is 1. The lowest BCUT2D eigenvalue weighted by Gasteiger charge is -2.42. The molecule has 0 aromatic heterocycles. The fraction of sp³-hybridized carbons (Fsp3) is 0.292. The second-order valence-corrected chi connectivity index (χ2v) is 8.42. The summed E-state index contributed by atoms with van der Waals surface area (Å²) in [6.07, 6.45) is 0.0508. The van der Waals surface area contributed by atoms with Gasteiger partial charge in [0.1, 0.15) is 17.5 Å². The third kappa shape index (κ3) is 4.75. The summed E-state index contributed by atoms with van der Waals surface area (Å²) in [6, 6.07) is 21.0. The van der Waals surface area contributed by atoms with Crippen molar-refractivity contribution in [1.82, 2.24) is 4.90 Å². The van der Waals surface area contributed by atoms with Gasteiger partial charge in [0.25, 0.3) is 0 Å². The Morgan fingerprint density at radius 3 is 2.80 bits per heavy atom. The van der Waals surface area contributed by atoms with Gasteiger partial charge in [-0.05, 0) is 43.0 Å². The number of amides is 1. The SMILES string of the molecule is C[C@]1(O)CCN(CC(=O)Nc2cccc3ccccc23)C[C@@H]1Oc1cccc(Cl)c1. The Labute approximate surface area is 181 Å². The first-order valence-electron chi connectivity index (χ1n) is 10.1. The lowest BCUT2D eigenvalue weighted by Crippen LogP contribution is -2.57. The summed E-state index contributed by atoms with van der Waals surface area (Å²) in [5.41, 5.74) is -0.181. The molecule has 2 atom stereocenters. The highest BCUT2D eigenvalue weighted by Crippen LogP contribution is 2.28. The van der Waals surface area contributed by atoms with Crippen molar-refractivity contribution in [3.63, 3.8) is 0 Å². The summed E-state index contributed by atoms with van der Waals surface area (Å²) < 4.78 is 6.03. The Balaban J connectivity index is 1.42. The molecule has 3 aromatic carbocycles. The van der Waals surface area contributed by atoms with E-state index in [1.165, 1.54) is 0 Å². The molecule has 0 saturated carbocycles. The van der Waals surface area contributed by atoms with Crippen LogP contribution in [0.4, 0.5) is 5.69 Å². The molecule has 1 amide bonds. The van der Waals surface area contributed by atoms with Crippen molar-refractivity contribution in [2.45, 2.75) is 25.0 Å². The molecular formula is C24H25ClN2O3. The summed E-state index contributed by atoms with van der Waals surface area (Å²) in [6.45, 7) is 3.07. The van der Waals surface area contributed by atoms with E-state index < -0.39 is 11.7 Å². The van der Waals surface area contributed by atoms with Gasteiger partial charge in [-0.3, -0.25) is 9.69 Å². The zero-order valence-corrected chi connectivity index (χ0v) is 17.6. The average molecular weight is 425 g/mol. The number of ether oxygens (including phenoxy) is 1. The van der Waals surface area contributed by atoms with Crippen molar-refractivity contribution in [3.05, 3.63) is 71.8 Å². The molecule has 30 heavy (non-hydrogen) atoms. The third-order valence-corrected chi connectivity index (χ3v) is 5.79. The number of fused-ring (bicyclic) bond motifs is 1. The fourth-order valence-corrected chi connectivity index (χ4v) is 3.99. The van der Waals surface area contributed by atoms with Crippen LogP contribution in [0.15, 0.2) is 66.7 Å². The lowest BCUT2D eigenvalue weighted by atomic mass is 9.90. The predicted molar refractivity (Wildman–Crippen MR) is 120 cm³/mol. The first kappa shape index (κ1) is 20.7. The molecule has 3 aromatic rings. The maximum Gasteiger partial charge on any atom is 0.238 e. The van der Waals surface area contributed by atoms with Crippen LogP contribution >= 0.6 is 11.6 Å². The molecule has 2 N–H and O–H groups in total. The third-order valence-electron chi connectivity index (χ3n) is 5.56. The molecule has 0 radical (unpaired) electrons. The molecule has 0 bridgehead atoms. The Bertz CT molecular complexity index is 1050. The number of nitrogens with zero attached hydrogens (tertiary/aromatic N) is 1. The number of anilines is 1. The molecule has 0 aliphatic carbocycles. The van der Waals surface area contributed by atoms with E-state index in [2.05, 4.69) is 5.32 Å². The van der Waals surface area contributed by atoms with Crippen LogP contribution < -0.4 is 10.1 Å². The molecule has 6 heteroatoms. The van der Waals surface area contributed by atoms with Crippen LogP contribution in [0.3, 0.4) is 0 Å². The Morgan fingerprint density at radius 1 is 1.20 bits per heavy atom. The van der Waals surface area contributed by atoms with Crippen molar-refractivity contribution in [2.24, 2.45) is 0 Å².